The molecule has 20 heavy (non-hydrogen) atoms. The molecule has 3 rings (SSSR count). The number of hydrogen-bond acceptors (Lipinski definition) is 2. The van der Waals surface area contributed by atoms with E-state index >= 15 is 0 Å². The Bertz CT molecular complexity index is 639. The van der Waals surface area contributed by atoms with Gasteiger partial charge >= 0.3 is 5.97 Å². The van der Waals surface area contributed by atoms with E-state index in [4.69, 9.17) is 5.11 Å². The van der Waals surface area contributed by atoms with Gasteiger partial charge in [0.1, 0.15) is 0 Å². The topological polar surface area (TPSA) is 55.1 Å². The Balaban J connectivity index is 1.94. The first-order chi connectivity index (χ1) is 9.63. The molecule has 1 N–H and O–H groups in total. The maximum Gasteiger partial charge on any atom is 0.335 e. The summed E-state index contributed by atoms with van der Waals surface area (Å²) in [5, 5.41) is 9.03. The maximum atomic E-state index is 11.0. The second-order valence-corrected chi connectivity index (χ2v) is 5.94. The fraction of sp³-hybridized carbons (Fsp3) is 0.500. The van der Waals surface area contributed by atoms with E-state index in [-0.39, 0.29) is 0 Å². The fourth-order valence-corrected chi connectivity index (χ4v) is 3.43. The van der Waals surface area contributed by atoms with Crippen LogP contribution in [0.5, 0.6) is 0 Å². The third-order valence-electron chi connectivity index (χ3n) is 4.79. The maximum absolute atomic E-state index is 11.0. The second-order valence-electron chi connectivity index (χ2n) is 5.94. The van der Waals surface area contributed by atoms with Crippen molar-refractivity contribution >= 4 is 17.0 Å². The quantitative estimate of drug-likeness (QED) is 0.923. The van der Waals surface area contributed by atoms with E-state index in [0.717, 1.165) is 17.6 Å². The Morgan fingerprint density at radius 1 is 1.40 bits per heavy atom. The van der Waals surface area contributed by atoms with Crippen LogP contribution in [-0.4, -0.2) is 20.6 Å². The van der Waals surface area contributed by atoms with Crippen LogP contribution in [0.2, 0.25) is 0 Å². The van der Waals surface area contributed by atoms with Crippen LogP contribution >= 0.6 is 0 Å². The summed E-state index contributed by atoms with van der Waals surface area (Å²) >= 11 is 0. The van der Waals surface area contributed by atoms with Crippen LogP contribution in [0.3, 0.4) is 0 Å². The Labute approximate surface area is 118 Å². The highest BCUT2D eigenvalue weighted by atomic mass is 16.4. The number of benzene rings is 1. The molecule has 0 amide bonds. The third kappa shape index (κ3) is 2.19. The number of aromatic nitrogens is 2. The first kappa shape index (κ1) is 13.2. The van der Waals surface area contributed by atoms with Crippen molar-refractivity contribution in [3.05, 3.63) is 30.1 Å². The van der Waals surface area contributed by atoms with E-state index in [1.54, 1.807) is 12.1 Å². The molecule has 1 saturated carbocycles. The van der Waals surface area contributed by atoms with Crippen molar-refractivity contribution in [1.82, 2.24) is 9.55 Å². The highest BCUT2D eigenvalue weighted by Gasteiger charge is 2.32. The highest BCUT2D eigenvalue weighted by molar-refractivity contribution is 5.92. The average molecular weight is 272 g/mol. The minimum atomic E-state index is -0.901. The van der Waals surface area contributed by atoms with Gasteiger partial charge in [0.25, 0.3) is 0 Å². The number of nitrogens with zero attached hydrogens (tertiary/aromatic N) is 2. The molecule has 0 bridgehead atoms. The predicted octanol–water partition coefficient (Wildman–Crippen LogP) is 3.70. The van der Waals surface area contributed by atoms with Crippen LogP contribution in [0, 0.1) is 5.41 Å². The standard InChI is InChI=1S/C16H20N2O2/c1-2-16(7-3-4-8-16)10-18-11-17-13-9-12(15(19)20)5-6-14(13)18/h5-6,9,11H,2-4,7-8,10H2,1H3,(H,19,20). The molecule has 1 fully saturated rings. The zero-order chi connectivity index (χ0) is 14.2. The van der Waals surface area contributed by atoms with Crippen molar-refractivity contribution in [2.24, 2.45) is 5.41 Å². The number of carboxylic acid groups (broad SMARTS) is 1. The van der Waals surface area contributed by atoms with Gasteiger partial charge in [-0.2, -0.15) is 0 Å². The number of aromatic carboxylic acids is 1. The summed E-state index contributed by atoms with van der Waals surface area (Å²) in [6, 6.07) is 5.20. The monoisotopic (exact) mass is 272 g/mol. The normalized spacial score (nSPS) is 17.6. The van der Waals surface area contributed by atoms with E-state index in [2.05, 4.69) is 16.5 Å². The predicted molar refractivity (Wildman–Crippen MR) is 77.9 cm³/mol. The molecule has 1 heterocycles. The lowest BCUT2D eigenvalue weighted by atomic mass is 9.83. The molecule has 2 aromatic rings. The Morgan fingerprint density at radius 3 is 2.80 bits per heavy atom. The van der Waals surface area contributed by atoms with E-state index in [1.165, 1.54) is 32.1 Å². The third-order valence-corrected chi connectivity index (χ3v) is 4.79. The first-order valence-electron chi connectivity index (χ1n) is 7.32. The second kappa shape index (κ2) is 4.93. The molecule has 1 aromatic heterocycles. The summed E-state index contributed by atoms with van der Waals surface area (Å²) in [6.07, 6.45) is 8.27. The van der Waals surface area contributed by atoms with Crippen molar-refractivity contribution in [2.45, 2.75) is 45.6 Å². The zero-order valence-corrected chi connectivity index (χ0v) is 11.8. The summed E-state index contributed by atoms with van der Waals surface area (Å²) in [5.41, 5.74) is 2.51. The number of carbonyl (C=O) groups is 1. The lowest BCUT2D eigenvalue weighted by Gasteiger charge is -2.28. The highest BCUT2D eigenvalue weighted by Crippen LogP contribution is 2.42. The van der Waals surface area contributed by atoms with Gasteiger partial charge in [-0.25, -0.2) is 9.78 Å². The molecule has 0 unspecified atom stereocenters. The van der Waals surface area contributed by atoms with Gasteiger partial charge in [-0.1, -0.05) is 19.8 Å². The SMILES string of the molecule is CCC1(Cn2cnc3cc(C(=O)O)ccc32)CCCC1. The summed E-state index contributed by atoms with van der Waals surface area (Å²) in [6.45, 7) is 3.26. The van der Waals surface area contributed by atoms with Crippen molar-refractivity contribution in [3.8, 4) is 0 Å². The number of imidazole rings is 1. The zero-order valence-electron chi connectivity index (χ0n) is 11.8. The molecule has 0 aliphatic heterocycles. The minimum absolute atomic E-state index is 0.300. The van der Waals surface area contributed by atoms with E-state index in [9.17, 15) is 4.79 Å². The molecule has 1 aliphatic carbocycles. The van der Waals surface area contributed by atoms with E-state index in [1.807, 2.05) is 12.4 Å². The van der Waals surface area contributed by atoms with E-state index in [0.29, 0.717) is 11.0 Å². The van der Waals surface area contributed by atoms with Crippen LogP contribution in [0.4, 0.5) is 0 Å². The molecule has 106 valence electrons. The van der Waals surface area contributed by atoms with Crippen molar-refractivity contribution < 1.29 is 9.90 Å². The molecule has 4 nitrogen and oxygen atoms in total. The molecule has 0 radical (unpaired) electrons. The van der Waals surface area contributed by atoms with Crippen molar-refractivity contribution in [3.63, 3.8) is 0 Å². The molecule has 0 atom stereocenters. The van der Waals surface area contributed by atoms with Crippen LogP contribution in [0.25, 0.3) is 11.0 Å². The summed E-state index contributed by atoms with van der Waals surface area (Å²) < 4.78 is 2.19. The summed E-state index contributed by atoms with van der Waals surface area (Å²) in [5.74, 6) is -0.901. The van der Waals surface area contributed by atoms with Gasteiger partial charge in [0.2, 0.25) is 0 Å². The molecular formula is C16H20N2O2. The van der Waals surface area contributed by atoms with Crippen LogP contribution in [0.1, 0.15) is 49.4 Å². The molecule has 0 saturated heterocycles. The minimum Gasteiger partial charge on any atom is -0.478 e. The number of hydrogen-bond donors (Lipinski definition) is 1. The fourth-order valence-electron chi connectivity index (χ4n) is 3.43. The average Bonchev–Trinajstić information content (AvgIpc) is 3.07. The molecule has 1 aliphatic rings. The van der Waals surface area contributed by atoms with Crippen LogP contribution < -0.4 is 0 Å². The summed E-state index contributed by atoms with van der Waals surface area (Å²) in [7, 11) is 0. The van der Waals surface area contributed by atoms with Gasteiger partial charge in [-0.05, 0) is 42.9 Å². The van der Waals surface area contributed by atoms with Gasteiger partial charge in [-0.3, -0.25) is 0 Å². The van der Waals surface area contributed by atoms with Crippen molar-refractivity contribution in [1.29, 1.82) is 0 Å². The molecular weight excluding hydrogens is 252 g/mol. The number of carboxylic acids is 1. The number of fused-ring (bicyclic) bond motifs is 1. The van der Waals surface area contributed by atoms with Crippen LogP contribution in [0.15, 0.2) is 24.5 Å². The lowest BCUT2D eigenvalue weighted by molar-refractivity contribution is 0.0697. The first-order valence-corrected chi connectivity index (χ1v) is 7.32. The smallest absolute Gasteiger partial charge is 0.335 e. The summed E-state index contributed by atoms with van der Waals surface area (Å²) in [4.78, 5) is 15.4. The molecule has 4 heteroatoms. The lowest BCUT2D eigenvalue weighted by Crippen LogP contribution is -2.22. The van der Waals surface area contributed by atoms with Gasteiger partial charge in [0.15, 0.2) is 0 Å². The largest absolute Gasteiger partial charge is 0.478 e. The van der Waals surface area contributed by atoms with Crippen molar-refractivity contribution in [2.75, 3.05) is 0 Å². The van der Waals surface area contributed by atoms with Gasteiger partial charge < -0.3 is 9.67 Å². The van der Waals surface area contributed by atoms with E-state index < -0.39 is 5.97 Å². The molecule has 1 aromatic carbocycles. The molecule has 0 spiro atoms. The Hall–Kier alpha value is -1.84. The van der Waals surface area contributed by atoms with Crippen LogP contribution in [-0.2, 0) is 6.54 Å². The Kier molecular flexibility index (Phi) is 3.24. The van der Waals surface area contributed by atoms with Gasteiger partial charge in [0, 0.05) is 6.54 Å². The van der Waals surface area contributed by atoms with Gasteiger partial charge in [0.05, 0.1) is 22.9 Å². The number of rotatable bonds is 4. The Morgan fingerprint density at radius 2 is 2.15 bits per heavy atom. The van der Waals surface area contributed by atoms with Gasteiger partial charge in [-0.15, -0.1) is 0 Å².